The van der Waals surface area contributed by atoms with Crippen LogP contribution in [0, 0.1) is 11.8 Å². The molecule has 0 radical (unpaired) electrons. The van der Waals surface area contributed by atoms with Gasteiger partial charge in [-0.05, 0) is 37.8 Å². The van der Waals surface area contributed by atoms with E-state index in [1.165, 1.54) is 12.8 Å². The number of carbonyl (C=O) groups is 1. The second-order valence-electron chi connectivity index (χ2n) is 5.82. The molecule has 0 aromatic rings. The molecule has 2 fully saturated rings. The Kier molecular flexibility index (Phi) is 6.75. The lowest BCUT2D eigenvalue weighted by atomic mass is 9.85. The molecule has 0 spiro atoms. The number of carbonyl (C=O) groups excluding carboxylic acids is 1. The normalized spacial score (nSPS) is 27.4. The van der Waals surface area contributed by atoms with Gasteiger partial charge in [0.2, 0.25) is 5.91 Å². The van der Waals surface area contributed by atoms with Crippen LogP contribution in [0.5, 0.6) is 0 Å². The molecule has 1 amide bonds. The van der Waals surface area contributed by atoms with Crippen molar-refractivity contribution in [2.75, 3.05) is 37.7 Å². The van der Waals surface area contributed by atoms with E-state index in [4.69, 9.17) is 0 Å². The first-order chi connectivity index (χ1) is 8.98. The maximum absolute atomic E-state index is 12.2. The Morgan fingerprint density at radius 1 is 1.35 bits per heavy atom. The highest BCUT2D eigenvalue weighted by atomic mass is 35.5. The van der Waals surface area contributed by atoms with Gasteiger partial charge in [-0.15, -0.1) is 12.4 Å². The van der Waals surface area contributed by atoms with Crippen molar-refractivity contribution < 1.29 is 13.2 Å². The minimum atomic E-state index is -2.90. The second kappa shape index (κ2) is 7.61. The van der Waals surface area contributed by atoms with Gasteiger partial charge in [-0.2, -0.15) is 0 Å². The molecule has 0 bridgehead atoms. The Morgan fingerprint density at radius 3 is 2.55 bits per heavy atom. The van der Waals surface area contributed by atoms with Crippen molar-refractivity contribution in [3.8, 4) is 0 Å². The smallest absolute Gasteiger partial charge is 0.222 e. The SMILES string of the molecule is CC(CC(=O)N1CCS(=O)(=O)CC1)C1CCCNC1.Cl. The average molecular weight is 325 g/mol. The van der Waals surface area contributed by atoms with Gasteiger partial charge in [0.25, 0.3) is 0 Å². The summed E-state index contributed by atoms with van der Waals surface area (Å²) in [4.78, 5) is 13.9. The number of hydrogen-bond acceptors (Lipinski definition) is 4. The third-order valence-electron chi connectivity index (χ3n) is 4.33. The molecule has 118 valence electrons. The van der Waals surface area contributed by atoms with Gasteiger partial charge in [-0.3, -0.25) is 4.79 Å². The zero-order valence-corrected chi connectivity index (χ0v) is 13.6. The first-order valence-electron chi connectivity index (χ1n) is 7.17. The molecule has 2 aliphatic rings. The maximum Gasteiger partial charge on any atom is 0.222 e. The number of nitrogens with one attached hydrogen (secondary N) is 1. The second-order valence-corrected chi connectivity index (χ2v) is 8.12. The van der Waals surface area contributed by atoms with Crippen LogP contribution in [-0.2, 0) is 14.6 Å². The number of nitrogens with zero attached hydrogens (tertiary/aromatic N) is 1. The fourth-order valence-corrected chi connectivity index (χ4v) is 4.10. The average Bonchev–Trinajstić information content (AvgIpc) is 2.39. The van der Waals surface area contributed by atoms with E-state index in [-0.39, 0.29) is 29.8 Å². The Morgan fingerprint density at radius 2 is 2.00 bits per heavy atom. The van der Waals surface area contributed by atoms with Crippen molar-refractivity contribution >= 4 is 28.2 Å². The molecule has 5 nitrogen and oxygen atoms in total. The van der Waals surface area contributed by atoms with Gasteiger partial charge in [0, 0.05) is 19.5 Å². The van der Waals surface area contributed by atoms with Crippen LogP contribution in [0.15, 0.2) is 0 Å². The quantitative estimate of drug-likeness (QED) is 0.829. The monoisotopic (exact) mass is 324 g/mol. The lowest BCUT2D eigenvalue weighted by Crippen LogP contribution is -2.45. The summed E-state index contributed by atoms with van der Waals surface area (Å²) in [5.41, 5.74) is 0. The number of sulfone groups is 1. The number of hydrogen-bond donors (Lipinski definition) is 1. The third kappa shape index (κ3) is 4.90. The number of halogens is 1. The Balaban J connectivity index is 0.00000200. The molecule has 2 saturated heterocycles. The largest absolute Gasteiger partial charge is 0.341 e. The summed E-state index contributed by atoms with van der Waals surface area (Å²) in [6.45, 7) is 4.97. The van der Waals surface area contributed by atoms with Crippen LogP contribution in [0.2, 0.25) is 0 Å². The Bertz CT molecular complexity index is 407. The van der Waals surface area contributed by atoms with Crippen LogP contribution >= 0.6 is 12.4 Å². The van der Waals surface area contributed by atoms with E-state index < -0.39 is 9.84 Å². The molecule has 7 heteroatoms. The molecule has 1 N–H and O–H groups in total. The Hall–Kier alpha value is -0.330. The maximum atomic E-state index is 12.2. The van der Waals surface area contributed by atoms with Crippen LogP contribution < -0.4 is 5.32 Å². The van der Waals surface area contributed by atoms with Crippen molar-refractivity contribution in [1.82, 2.24) is 10.2 Å². The van der Waals surface area contributed by atoms with Crippen LogP contribution in [0.1, 0.15) is 26.2 Å². The molecule has 2 aliphatic heterocycles. The number of amides is 1. The molecule has 0 aromatic carbocycles. The van der Waals surface area contributed by atoms with Crippen molar-refractivity contribution in [2.45, 2.75) is 26.2 Å². The van der Waals surface area contributed by atoms with Crippen LogP contribution in [0.4, 0.5) is 0 Å². The fourth-order valence-electron chi connectivity index (χ4n) is 2.90. The predicted molar refractivity (Wildman–Crippen MR) is 81.9 cm³/mol. The molecule has 20 heavy (non-hydrogen) atoms. The number of rotatable bonds is 3. The molecule has 0 saturated carbocycles. The molecule has 0 aliphatic carbocycles. The van der Waals surface area contributed by atoms with E-state index in [2.05, 4.69) is 12.2 Å². The minimum Gasteiger partial charge on any atom is -0.341 e. The van der Waals surface area contributed by atoms with Gasteiger partial charge in [0.1, 0.15) is 0 Å². The minimum absolute atomic E-state index is 0. The molecule has 2 heterocycles. The summed E-state index contributed by atoms with van der Waals surface area (Å²) in [6.07, 6.45) is 2.92. The summed E-state index contributed by atoms with van der Waals surface area (Å²) < 4.78 is 22.7. The van der Waals surface area contributed by atoms with Crippen LogP contribution in [0.25, 0.3) is 0 Å². The van der Waals surface area contributed by atoms with Crippen molar-refractivity contribution in [3.05, 3.63) is 0 Å². The van der Waals surface area contributed by atoms with E-state index in [0.29, 0.717) is 31.3 Å². The standard InChI is InChI=1S/C13H24N2O3S.ClH/c1-11(12-3-2-4-14-10-12)9-13(16)15-5-7-19(17,18)8-6-15;/h11-12,14H,2-10H2,1H3;1H. The molecule has 2 rings (SSSR count). The zero-order chi connectivity index (χ0) is 13.9. The first-order valence-corrected chi connectivity index (χ1v) is 8.99. The molecular weight excluding hydrogens is 300 g/mol. The van der Waals surface area contributed by atoms with Gasteiger partial charge < -0.3 is 10.2 Å². The molecular formula is C13H25ClN2O3S. The highest BCUT2D eigenvalue weighted by Gasteiger charge is 2.28. The van der Waals surface area contributed by atoms with E-state index in [0.717, 1.165) is 13.1 Å². The van der Waals surface area contributed by atoms with Crippen molar-refractivity contribution in [2.24, 2.45) is 11.8 Å². The molecule has 0 aromatic heterocycles. The molecule has 2 atom stereocenters. The van der Waals surface area contributed by atoms with Crippen molar-refractivity contribution in [3.63, 3.8) is 0 Å². The zero-order valence-electron chi connectivity index (χ0n) is 12.0. The van der Waals surface area contributed by atoms with E-state index >= 15 is 0 Å². The van der Waals surface area contributed by atoms with E-state index in [1.54, 1.807) is 4.90 Å². The number of piperidine rings is 1. The van der Waals surface area contributed by atoms with E-state index in [1.807, 2.05) is 0 Å². The predicted octanol–water partition coefficient (Wildman–Crippen LogP) is 0.691. The van der Waals surface area contributed by atoms with Gasteiger partial charge in [-0.25, -0.2) is 8.42 Å². The van der Waals surface area contributed by atoms with Gasteiger partial charge in [0.15, 0.2) is 9.84 Å². The highest BCUT2D eigenvalue weighted by Crippen LogP contribution is 2.23. The van der Waals surface area contributed by atoms with Gasteiger partial charge >= 0.3 is 0 Å². The summed E-state index contributed by atoms with van der Waals surface area (Å²) in [7, 11) is -2.90. The lowest BCUT2D eigenvalue weighted by molar-refractivity contribution is -0.132. The summed E-state index contributed by atoms with van der Waals surface area (Å²) >= 11 is 0. The van der Waals surface area contributed by atoms with Crippen LogP contribution in [-0.4, -0.2) is 56.9 Å². The van der Waals surface area contributed by atoms with Gasteiger partial charge in [-0.1, -0.05) is 6.92 Å². The first kappa shape index (κ1) is 17.7. The Labute approximate surface area is 127 Å². The fraction of sp³-hybridized carbons (Fsp3) is 0.923. The lowest BCUT2D eigenvalue weighted by Gasteiger charge is -2.31. The summed E-state index contributed by atoms with van der Waals surface area (Å²) in [5.74, 6) is 1.31. The third-order valence-corrected chi connectivity index (χ3v) is 5.94. The summed E-state index contributed by atoms with van der Waals surface area (Å²) in [5, 5.41) is 3.38. The highest BCUT2D eigenvalue weighted by molar-refractivity contribution is 7.91. The van der Waals surface area contributed by atoms with E-state index in [9.17, 15) is 13.2 Å². The topological polar surface area (TPSA) is 66.5 Å². The van der Waals surface area contributed by atoms with Gasteiger partial charge in [0.05, 0.1) is 11.5 Å². The van der Waals surface area contributed by atoms with Crippen LogP contribution in [0.3, 0.4) is 0 Å². The van der Waals surface area contributed by atoms with Crippen molar-refractivity contribution in [1.29, 1.82) is 0 Å². The molecule has 2 unspecified atom stereocenters. The summed E-state index contributed by atoms with van der Waals surface area (Å²) in [6, 6.07) is 0.